The Bertz CT molecular complexity index is 1060. The molecular weight excluding hydrogens is 303 g/mol. The highest BCUT2D eigenvalue weighted by Crippen LogP contribution is 2.35. The van der Waals surface area contributed by atoms with Gasteiger partial charge in [0.2, 0.25) is 0 Å². The minimum absolute atomic E-state index is 0.239. The summed E-state index contributed by atoms with van der Waals surface area (Å²) in [6.45, 7) is 0.953. The SMILES string of the molecule is Fc1cccc(-c2nc3n(c2-c2ccc4nccn4c2)CCC3)c1. The van der Waals surface area contributed by atoms with Crippen LogP contribution < -0.4 is 0 Å². The highest BCUT2D eigenvalue weighted by atomic mass is 19.1. The summed E-state index contributed by atoms with van der Waals surface area (Å²) in [5.74, 6) is 0.840. The maximum absolute atomic E-state index is 13.7. The first-order valence-corrected chi connectivity index (χ1v) is 8.08. The van der Waals surface area contributed by atoms with Gasteiger partial charge in [0.25, 0.3) is 0 Å². The van der Waals surface area contributed by atoms with Crippen LogP contribution >= 0.6 is 0 Å². The number of imidazole rings is 2. The van der Waals surface area contributed by atoms with E-state index in [4.69, 9.17) is 4.98 Å². The van der Waals surface area contributed by atoms with E-state index < -0.39 is 0 Å². The van der Waals surface area contributed by atoms with Crippen LogP contribution in [-0.4, -0.2) is 18.9 Å². The summed E-state index contributed by atoms with van der Waals surface area (Å²) in [4.78, 5) is 9.11. The van der Waals surface area contributed by atoms with Gasteiger partial charge < -0.3 is 8.97 Å². The van der Waals surface area contributed by atoms with E-state index in [1.54, 1.807) is 18.3 Å². The van der Waals surface area contributed by atoms with Crippen molar-refractivity contribution in [3.05, 3.63) is 66.6 Å². The lowest BCUT2D eigenvalue weighted by Crippen LogP contribution is -1.97. The maximum atomic E-state index is 13.7. The molecule has 0 unspecified atom stereocenters. The number of aromatic nitrogens is 4. The number of hydrogen-bond donors (Lipinski definition) is 0. The Morgan fingerprint density at radius 1 is 1.08 bits per heavy atom. The van der Waals surface area contributed by atoms with Crippen molar-refractivity contribution in [1.29, 1.82) is 0 Å². The molecule has 0 N–H and O–H groups in total. The summed E-state index contributed by atoms with van der Waals surface area (Å²) in [6, 6.07) is 10.7. The van der Waals surface area contributed by atoms with Gasteiger partial charge in [0.1, 0.15) is 17.3 Å². The molecule has 5 heteroatoms. The van der Waals surface area contributed by atoms with Crippen molar-refractivity contribution < 1.29 is 4.39 Å². The number of nitrogens with zero attached hydrogens (tertiary/aromatic N) is 4. The van der Waals surface area contributed by atoms with Crippen molar-refractivity contribution >= 4 is 5.65 Å². The van der Waals surface area contributed by atoms with Gasteiger partial charge >= 0.3 is 0 Å². The van der Waals surface area contributed by atoms with E-state index in [0.29, 0.717) is 0 Å². The second kappa shape index (κ2) is 5.03. The minimum Gasteiger partial charge on any atom is -0.327 e. The number of aryl methyl sites for hydroxylation is 1. The molecule has 3 aromatic heterocycles. The number of rotatable bonds is 2. The van der Waals surface area contributed by atoms with Crippen LogP contribution in [0.2, 0.25) is 0 Å². The number of fused-ring (bicyclic) bond motifs is 2. The lowest BCUT2D eigenvalue weighted by atomic mass is 10.1. The molecular formula is C19H15FN4. The standard InChI is InChI=1S/C19H15FN4/c20-15-4-1-3-13(11-15)18-19(24-9-2-5-17(24)22-18)14-6-7-16-21-8-10-23(16)12-14/h1,3-4,6-8,10-12H,2,5,9H2. The average molecular weight is 318 g/mol. The third-order valence-corrected chi connectivity index (χ3v) is 4.59. The number of benzene rings is 1. The molecule has 0 fully saturated rings. The summed E-state index contributed by atoms with van der Waals surface area (Å²) in [5.41, 5.74) is 4.71. The Balaban J connectivity index is 1.77. The second-order valence-corrected chi connectivity index (χ2v) is 6.10. The number of hydrogen-bond acceptors (Lipinski definition) is 2. The molecule has 0 spiro atoms. The van der Waals surface area contributed by atoms with Crippen LogP contribution in [0.3, 0.4) is 0 Å². The lowest BCUT2D eigenvalue weighted by Gasteiger charge is -2.09. The van der Waals surface area contributed by atoms with E-state index in [1.165, 1.54) is 6.07 Å². The van der Waals surface area contributed by atoms with Crippen LogP contribution in [0, 0.1) is 5.82 Å². The van der Waals surface area contributed by atoms with E-state index in [0.717, 1.165) is 53.4 Å². The molecule has 0 bridgehead atoms. The van der Waals surface area contributed by atoms with Gasteiger partial charge in [-0.15, -0.1) is 0 Å². The van der Waals surface area contributed by atoms with E-state index in [1.807, 2.05) is 22.7 Å². The topological polar surface area (TPSA) is 35.1 Å². The molecule has 0 saturated carbocycles. The Hall–Kier alpha value is -2.95. The molecule has 0 atom stereocenters. The molecule has 5 rings (SSSR count). The monoisotopic (exact) mass is 318 g/mol. The van der Waals surface area contributed by atoms with E-state index in [9.17, 15) is 4.39 Å². The number of halogens is 1. The predicted molar refractivity (Wildman–Crippen MR) is 90.1 cm³/mol. The van der Waals surface area contributed by atoms with E-state index in [2.05, 4.69) is 21.8 Å². The fourth-order valence-electron chi connectivity index (χ4n) is 3.52. The van der Waals surface area contributed by atoms with Gasteiger partial charge in [0, 0.05) is 42.7 Å². The van der Waals surface area contributed by atoms with Crippen molar-refractivity contribution in [2.45, 2.75) is 19.4 Å². The number of pyridine rings is 1. The maximum Gasteiger partial charge on any atom is 0.136 e. The van der Waals surface area contributed by atoms with Crippen LogP contribution in [0.15, 0.2) is 55.0 Å². The Morgan fingerprint density at radius 3 is 2.96 bits per heavy atom. The molecule has 1 aliphatic heterocycles. The van der Waals surface area contributed by atoms with Gasteiger partial charge in [-0.25, -0.2) is 14.4 Å². The van der Waals surface area contributed by atoms with Gasteiger partial charge in [-0.1, -0.05) is 12.1 Å². The molecule has 0 saturated heterocycles. The zero-order chi connectivity index (χ0) is 16.1. The first-order valence-electron chi connectivity index (χ1n) is 8.08. The second-order valence-electron chi connectivity index (χ2n) is 6.10. The quantitative estimate of drug-likeness (QED) is 0.561. The first-order chi connectivity index (χ1) is 11.8. The zero-order valence-electron chi connectivity index (χ0n) is 13.0. The van der Waals surface area contributed by atoms with Crippen LogP contribution in [0.25, 0.3) is 28.2 Å². The summed E-state index contributed by atoms with van der Waals surface area (Å²) in [5, 5.41) is 0. The van der Waals surface area contributed by atoms with Crippen molar-refractivity contribution in [3.8, 4) is 22.5 Å². The van der Waals surface area contributed by atoms with Crippen LogP contribution in [0.5, 0.6) is 0 Å². The Morgan fingerprint density at radius 2 is 2.04 bits per heavy atom. The minimum atomic E-state index is -0.239. The van der Waals surface area contributed by atoms with Gasteiger partial charge in [0.05, 0.1) is 11.4 Å². The third-order valence-electron chi connectivity index (χ3n) is 4.59. The zero-order valence-corrected chi connectivity index (χ0v) is 13.0. The highest BCUT2D eigenvalue weighted by Gasteiger charge is 2.23. The lowest BCUT2D eigenvalue weighted by molar-refractivity contribution is 0.628. The van der Waals surface area contributed by atoms with Gasteiger partial charge in [0.15, 0.2) is 0 Å². The summed E-state index contributed by atoms with van der Waals surface area (Å²) < 4.78 is 18.0. The molecule has 4 heterocycles. The molecule has 0 aliphatic carbocycles. The first kappa shape index (κ1) is 13.5. The normalized spacial score (nSPS) is 13.5. The average Bonchev–Trinajstić information content (AvgIpc) is 3.29. The smallest absolute Gasteiger partial charge is 0.136 e. The summed E-state index contributed by atoms with van der Waals surface area (Å²) in [6.07, 6.45) is 7.85. The van der Waals surface area contributed by atoms with Gasteiger partial charge in [-0.05, 0) is 30.7 Å². The Kier molecular flexibility index (Phi) is 2.82. The van der Waals surface area contributed by atoms with Crippen molar-refractivity contribution in [1.82, 2.24) is 18.9 Å². The van der Waals surface area contributed by atoms with E-state index >= 15 is 0 Å². The predicted octanol–water partition coefficient (Wildman–Crippen LogP) is 3.95. The van der Waals surface area contributed by atoms with Crippen LogP contribution in [0.4, 0.5) is 4.39 Å². The molecule has 4 nitrogen and oxygen atoms in total. The third kappa shape index (κ3) is 1.98. The summed E-state index contributed by atoms with van der Waals surface area (Å²) in [7, 11) is 0. The Labute approximate surface area is 138 Å². The molecule has 4 aromatic rings. The fourth-order valence-corrected chi connectivity index (χ4v) is 3.52. The molecule has 1 aliphatic rings. The summed E-state index contributed by atoms with van der Waals surface area (Å²) >= 11 is 0. The van der Waals surface area contributed by atoms with Gasteiger partial charge in [-0.3, -0.25) is 0 Å². The molecule has 118 valence electrons. The van der Waals surface area contributed by atoms with Gasteiger partial charge in [-0.2, -0.15) is 0 Å². The van der Waals surface area contributed by atoms with Crippen molar-refractivity contribution in [2.24, 2.45) is 0 Å². The molecule has 1 aromatic carbocycles. The van der Waals surface area contributed by atoms with E-state index in [-0.39, 0.29) is 5.82 Å². The van der Waals surface area contributed by atoms with Crippen molar-refractivity contribution in [3.63, 3.8) is 0 Å². The van der Waals surface area contributed by atoms with Crippen LogP contribution in [0.1, 0.15) is 12.2 Å². The molecule has 24 heavy (non-hydrogen) atoms. The largest absolute Gasteiger partial charge is 0.327 e. The van der Waals surface area contributed by atoms with Crippen molar-refractivity contribution in [2.75, 3.05) is 0 Å². The fraction of sp³-hybridized carbons (Fsp3) is 0.158. The van der Waals surface area contributed by atoms with Crippen LogP contribution in [-0.2, 0) is 13.0 Å². The highest BCUT2D eigenvalue weighted by molar-refractivity contribution is 5.79. The molecule has 0 amide bonds. The molecule has 0 radical (unpaired) electrons.